The van der Waals surface area contributed by atoms with Crippen LogP contribution in [0, 0.1) is 5.92 Å². The van der Waals surface area contributed by atoms with Crippen molar-refractivity contribution in [3.8, 4) is 5.75 Å². The van der Waals surface area contributed by atoms with Crippen LogP contribution in [0.2, 0.25) is 0 Å². The highest BCUT2D eigenvalue weighted by molar-refractivity contribution is 5.93. The Morgan fingerprint density at radius 3 is 2.81 bits per heavy atom. The first kappa shape index (κ1) is 15.3. The summed E-state index contributed by atoms with van der Waals surface area (Å²) in [5, 5.41) is 2.80. The van der Waals surface area contributed by atoms with Gasteiger partial charge < -0.3 is 21.5 Å². The Balaban J connectivity index is 1.67. The highest BCUT2D eigenvalue weighted by Gasteiger charge is 2.28. The minimum absolute atomic E-state index is 0.0575. The Bertz CT molecular complexity index is 515. The molecule has 21 heavy (non-hydrogen) atoms. The molecule has 1 fully saturated rings. The maximum atomic E-state index is 11.6. The molecule has 0 heterocycles. The SMILES string of the molecule is NC(=O)c1cccc(OCCC(=O)NCC(N)C2CC2)c1. The number of nitrogens with one attached hydrogen (secondary N) is 1. The van der Waals surface area contributed by atoms with Crippen molar-refractivity contribution in [2.45, 2.75) is 25.3 Å². The van der Waals surface area contributed by atoms with Gasteiger partial charge in [-0.3, -0.25) is 9.59 Å². The lowest BCUT2D eigenvalue weighted by Gasteiger charge is -2.12. The minimum atomic E-state index is -0.507. The van der Waals surface area contributed by atoms with Crippen molar-refractivity contribution in [1.29, 1.82) is 0 Å². The van der Waals surface area contributed by atoms with Crippen LogP contribution in [-0.4, -0.2) is 31.0 Å². The van der Waals surface area contributed by atoms with Gasteiger partial charge in [-0.1, -0.05) is 6.07 Å². The number of benzene rings is 1. The zero-order valence-corrected chi connectivity index (χ0v) is 11.9. The van der Waals surface area contributed by atoms with E-state index in [1.165, 1.54) is 0 Å². The third-order valence-corrected chi connectivity index (χ3v) is 3.48. The highest BCUT2D eigenvalue weighted by Crippen LogP contribution is 2.31. The van der Waals surface area contributed by atoms with Crippen LogP contribution in [-0.2, 0) is 4.79 Å². The minimum Gasteiger partial charge on any atom is -0.493 e. The lowest BCUT2D eigenvalue weighted by Crippen LogP contribution is -2.38. The molecule has 1 atom stereocenters. The molecule has 114 valence electrons. The van der Waals surface area contributed by atoms with Crippen LogP contribution in [0.1, 0.15) is 29.6 Å². The van der Waals surface area contributed by atoms with Crippen LogP contribution >= 0.6 is 0 Å². The molecule has 1 aromatic carbocycles. The molecule has 6 heteroatoms. The van der Waals surface area contributed by atoms with E-state index in [4.69, 9.17) is 16.2 Å². The largest absolute Gasteiger partial charge is 0.493 e. The first-order valence-electron chi connectivity index (χ1n) is 7.11. The molecule has 2 amide bonds. The van der Waals surface area contributed by atoms with Crippen molar-refractivity contribution >= 4 is 11.8 Å². The maximum absolute atomic E-state index is 11.6. The second kappa shape index (κ2) is 7.08. The van der Waals surface area contributed by atoms with E-state index in [-0.39, 0.29) is 25.0 Å². The van der Waals surface area contributed by atoms with E-state index in [0.29, 0.717) is 23.8 Å². The van der Waals surface area contributed by atoms with Crippen LogP contribution in [0.5, 0.6) is 5.75 Å². The van der Waals surface area contributed by atoms with Crippen molar-refractivity contribution in [3.63, 3.8) is 0 Å². The summed E-state index contributed by atoms with van der Waals surface area (Å²) in [6.45, 7) is 0.757. The Labute approximate surface area is 123 Å². The topological polar surface area (TPSA) is 107 Å². The van der Waals surface area contributed by atoms with Crippen molar-refractivity contribution in [3.05, 3.63) is 29.8 Å². The number of nitrogens with two attached hydrogens (primary N) is 2. The molecule has 5 N–H and O–H groups in total. The average Bonchev–Trinajstić information content (AvgIpc) is 3.29. The predicted molar refractivity (Wildman–Crippen MR) is 78.8 cm³/mol. The van der Waals surface area contributed by atoms with Gasteiger partial charge >= 0.3 is 0 Å². The number of carbonyl (C=O) groups excluding carboxylic acids is 2. The van der Waals surface area contributed by atoms with Gasteiger partial charge in [0.25, 0.3) is 0 Å². The molecule has 0 bridgehead atoms. The fraction of sp³-hybridized carbons (Fsp3) is 0.467. The van der Waals surface area contributed by atoms with Crippen LogP contribution in [0.25, 0.3) is 0 Å². The molecule has 1 saturated carbocycles. The van der Waals surface area contributed by atoms with E-state index in [0.717, 1.165) is 12.8 Å². The van der Waals surface area contributed by atoms with Gasteiger partial charge in [0.15, 0.2) is 0 Å². The molecule has 0 radical (unpaired) electrons. The van der Waals surface area contributed by atoms with Gasteiger partial charge in [0.1, 0.15) is 5.75 Å². The molecular formula is C15H21N3O3. The van der Waals surface area contributed by atoms with E-state index in [9.17, 15) is 9.59 Å². The van der Waals surface area contributed by atoms with Crippen molar-refractivity contribution in [2.24, 2.45) is 17.4 Å². The Morgan fingerprint density at radius 1 is 1.38 bits per heavy atom. The summed E-state index contributed by atoms with van der Waals surface area (Å²) < 4.78 is 5.43. The van der Waals surface area contributed by atoms with E-state index < -0.39 is 5.91 Å². The van der Waals surface area contributed by atoms with Gasteiger partial charge in [-0.05, 0) is 37.0 Å². The first-order chi connectivity index (χ1) is 10.1. The second-order valence-corrected chi connectivity index (χ2v) is 5.30. The van der Waals surface area contributed by atoms with E-state index >= 15 is 0 Å². The Kier molecular flexibility index (Phi) is 5.16. The standard InChI is InChI=1S/C15H21N3O3/c16-13(10-4-5-10)9-18-14(19)6-7-21-12-3-1-2-11(8-12)15(17)20/h1-3,8,10,13H,4-7,9,16H2,(H2,17,20)(H,18,19). The number of hydrogen-bond donors (Lipinski definition) is 3. The summed E-state index contributed by atoms with van der Waals surface area (Å²) in [5.74, 6) is 0.497. The summed E-state index contributed by atoms with van der Waals surface area (Å²) in [4.78, 5) is 22.7. The summed E-state index contributed by atoms with van der Waals surface area (Å²) in [6.07, 6.45) is 2.57. The number of ether oxygens (including phenoxy) is 1. The molecule has 1 unspecified atom stereocenters. The average molecular weight is 291 g/mol. The smallest absolute Gasteiger partial charge is 0.248 e. The van der Waals surface area contributed by atoms with Gasteiger partial charge in [0.05, 0.1) is 13.0 Å². The highest BCUT2D eigenvalue weighted by atomic mass is 16.5. The van der Waals surface area contributed by atoms with Crippen LogP contribution in [0.4, 0.5) is 0 Å². The van der Waals surface area contributed by atoms with Gasteiger partial charge in [-0.15, -0.1) is 0 Å². The van der Waals surface area contributed by atoms with Crippen LogP contribution in [0.15, 0.2) is 24.3 Å². The maximum Gasteiger partial charge on any atom is 0.248 e. The molecule has 0 saturated heterocycles. The third kappa shape index (κ3) is 5.07. The van der Waals surface area contributed by atoms with Crippen molar-refractivity contribution < 1.29 is 14.3 Å². The summed E-state index contributed by atoms with van der Waals surface area (Å²) in [5.41, 5.74) is 11.5. The Hall–Kier alpha value is -2.08. The van der Waals surface area contributed by atoms with Crippen molar-refractivity contribution in [2.75, 3.05) is 13.2 Å². The predicted octanol–water partition coefficient (Wildman–Crippen LogP) is 0.408. The summed E-state index contributed by atoms with van der Waals surface area (Å²) in [6, 6.07) is 6.63. The molecule has 2 rings (SSSR count). The number of primary amides is 1. The number of rotatable bonds is 8. The quantitative estimate of drug-likeness (QED) is 0.644. The molecule has 0 aliphatic heterocycles. The number of amides is 2. The molecule has 6 nitrogen and oxygen atoms in total. The van der Waals surface area contributed by atoms with Gasteiger partial charge in [0, 0.05) is 18.2 Å². The van der Waals surface area contributed by atoms with E-state index in [2.05, 4.69) is 5.32 Å². The van der Waals surface area contributed by atoms with Crippen LogP contribution < -0.4 is 21.5 Å². The zero-order chi connectivity index (χ0) is 15.2. The second-order valence-electron chi connectivity index (χ2n) is 5.30. The molecule has 0 aromatic heterocycles. The molecule has 0 spiro atoms. The molecule has 1 aliphatic carbocycles. The number of carbonyl (C=O) groups is 2. The Morgan fingerprint density at radius 2 is 2.14 bits per heavy atom. The van der Waals surface area contributed by atoms with Crippen LogP contribution in [0.3, 0.4) is 0 Å². The fourth-order valence-corrected chi connectivity index (χ4v) is 2.01. The number of hydrogen-bond acceptors (Lipinski definition) is 4. The first-order valence-corrected chi connectivity index (χ1v) is 7.11. The molecule has 1 aromatic rings. The molecular weight excluding hydrogens is 270 g/mol. The molecule has 1 aliphatic rings. The van der Waals surface area contributed by atoms with E-state index in [1.807, 2.05) is 0 Å². The fourth-order valence-electron chi connectivity index (χ4n) is 2.01. The summed E-state index contributed by atoms with van der Waals surface area (Å²) in [7, 11) is 0. The third-order valence-electron chi connectivity index (χ3n) is 3.48. The van der Waals surface area contributed by atoms with Gasteiger partial charge in [-0.2, -0.15) is 0 Å². The normalized spacial score (nSPS) is 15.3. The van der Waals surface area contributed by atoms with Gasteiger partial charge in [-0.25, -0.2) is 0 Å². The van der Waals surface area contributed by atoms with E-state index in [1.54, 1.807) is 24.3 Å². The lowest BCUT2D eigenvalue weighted by atomic mass is 10.2. The zero-order valence-electron chi connectivity index (χ0n) is 11.9. The lowest BCUT2D eigenvalue weighted by molar-refractivity contribution is -0.121. The monoisotopic (exact) mass is 291 g/mol. The summed E-state index contributed by atoms with van der Waals surface area (Å²) >= 11 is 0. The van der Waals surface area contributed by atoms with Gasteiger partial charge in [0.2, 0.25) is 11.8 Å². The van der Waals surface area contributed by atoms with Crippen molar-refractivity contribution in [1.82, 2.24) is 5.32 Å².